The van der Waals surface area contributed by atoms with Gasteiger partial charge in [-0.05, 0) is 36.4 Å². The predicted molar refractivity (Wildman–Crippen MR) is 95.6 cm³/mol. The molecule has 0 unspecified atom stereocenters. The first-order valence-electron chi connectivity index (χ1n) is 7.31. The summed E-state index contributed by atoms with van der Waals surface area (Å²) in [5.41, 5.74) is 1.69. The van der Waals surface area contributed by atoms with Crippen LogP contribution in [0.3, 0.4) is 0 Å². The number of aryl methyl sites for hydroxylation is 1. The molecule has 0 fully saturated rings. The molecular weight excluding hydrogens is 362 g/mol. The van der Waals surface area contributed by atoms with Gasteiger partial charge in [0.1, 0.15) is 4.83 Å². The van der Waals surface area contributed by atoms with Gasteiger partial charge in [0, 0.05) is 17.5 Å². The van der Waals surface area contributed by atoms with E-state index in [0.717, 1.165) is 21.6 Å². The quantitative estimate of drug-likeness (QED) is 0.596. The van der Waals surface area contributed by atoms with Gasteiger partial charge in [-0.2, -0.15) is 10.3 Å². The third-order valence-corrected chi connectivity index (χ3v) is 5.08. The van der Waals surface area contributed by atoms with Crippen LogP contribution >= 0.6 is 22.9 Å². The van der Waals surface area contributed by atoms with Crippen LogP contribution < -0.4 is 4.90 Å². The van der Waals surface area contributed by atoms with E-state index in [4.69, 9.17) is 11.6 Å². The predicted octanol–water partition coefficient (Wildman–Crippen LogP) is 2.84. The number of fused-ring (bicyclic) bond motifs is 1. The lowest BCUT2D eigenvalue weighted by Gasteiger charge is -2.10. The molecule has 3 aromatic heterocycles. The molecule has 3 heterocycles. The van der Waals surface area contributed by atoms with E-state index in [2.05, 4.69) is 25.7 Å². The number of aromatic nitrogens is 6. The first-order valence-corrected chi connectivity index (χ1v) is 8.50. The molecule has 0 aliphatic carbocycles. The van der Waals surface area contributed by atoms with Crippen LogP contribution in [0.25, 0.3) is 15.9 Å². The highest BCUT2D eigenvalue weighted by molar-refractivity contribution is 7.20. The average molecular weight is 374 g/mol. The molecule has 0 radical (unpaired) electrons. The van der Waals surface area contributed by atoms with Gasteiger partial charge < -0.3 is 0 Å². The van der Waals surface area contributed by atoms with Crippen molar-refractivity contribution in [2.45, 2.75) is 6.92 Å². The summed E-state index contributed by atoms with van der Waals surface area (Å²) in [7, 11) is 1.60. The van der Waals surface area contributed by atoms with Gasteiger partial charge in [0.2, 0.25) is 0 Å². The van der Waals surface area contributed by atoms with E-state index in [1.165, 1.54) is 16.2 Å². The molecule has 10 heteroatoms. The van der Waals surface area contributed by atoms with Crippen LogP contribution in [0.5, 0.6) is 0 Å². The van der Waals surface area contributed by atoms with Gasteiger partial charge in [-0.25, -0.2) is 4.68 Å². The Hall–Kier alpha value is -2.78. The van der Waals surface area contributed by atoms with E-state index >= 15 is 0 Å². The van der Waals surface area contributed by atoms with Gasteiger partial charge >= 0.3 is 0 Å². The number of aromatic amines is 1. The van der Waals surface area contributed by atoms with Crippen molar-refractivity contribution in [1.82, 2.24) is 30.4 Å². The van der Waals surface area contributed by atoms with Crippen LogP contribution in [-0.2, 0) is 0 Å². The number of nitrogens with one attached hydrogen (secondary N) is 1. The molecule has 0 spiro atoms. The number of tetrazole rings is 1. The fourth-order valence-corrected chi connectivity index (χ4v) is 3.83. The Morgan fingerprint density at radius 3 is 2.92 bits per heavy atom. The number of thiophene rings is 1. The van der Waals surface area contributed by atoms with Gasteiger partial charge in [-0.15, -0.1) is 16.4 Å². The third kappa shape index (κ3) is 2.67. The Balaban J connectivity index is 1.78. The van der Waals surface area contributed by atoms with E-state index < -0.39 is 0 Å². The molecule has 0 saturated carbocycles. The van der Waals surface area contributed by atoms with Crippen LogP contribution in [0.4, 0.5) is 5.95 Å². The maximum absolute atomic E-state index is 12.7. The zero-order valence-electron chi connectivity index (χ0n) is 13.3. The number of hydrogen-bond donors (Lipinski definition) is 1. The zero-order valence-corrected chi connectivity index (χ0v) is 14.8. The molecule has 25 heavy (non-hydrogen) atoms. The number of carbonyl (C=O) groups excluding carboxylic acids is 1. The smallest absolute Gasteiger partial charge is 0.272 e. The van der Waals surface area contributed by atoms with Gasteiger partial charge in [-0.3, -0.25) is 9.69 Å². The number of carbonyl (C=O) groups is 1. The highest BCUT2D eigenvalue weighted by Gasteiger charge is 2.22. The molecule has 0 bridgehead atoms. The first-order chi connectivity index (χ1) is 12.0. The number of nitrogens with zero attached hydrogens (tertiary/aromatic N) is 6. The number of halogens is 1. The van der Waals surface area contributed by atoms with Crippen molar-refractivity contribution in [3.05, 3.63) is 45.9 Å². The van der Waals surface area contributed by atoms with Crippen LogP contribution in [0.2, 0.25) is 5.02 Å². The lowest BCUT2D eigenvalue weighted by atomic mass is 10.3. The van der Waals surface area contributed by atoms with E-state index in [1.807, 2.05) is 37.3 Å². The SMILES string of the molecule is Cc1nn(-c2cccc(Cl)c2)c2sc(C(=O)N(C)c3nn[nH]n3)cc12. The topological polar surface area (TPSA) is 92.6 Å². The number of rotatable bonds is 3. The van der Waals surface area contributed by atoms with E-state index in [-0.39, 0.29) is 11.9 Å². The minimum absolute atomic E-state index is 0.209. The summed E-state index contributed by atoms with van der Waals surface area (Å²) in [6.07, 6.45) is 0. The number of hydrogen-bond acceptors (Lipinski definition) is 6. The molecule has 0 aliphatic heterocycles. The van der Waals surface area contributed by atoms with Crippen molar-refractivity contribution in [3.8, 4) is 5.69 Å². The minimum atomic E-state index is -0.209. The van der Waals surface area contributed by atoms with Gasteiger partial charge in [0.25, 0.3) is 11.9 Å². The van der Waals surface area contributed by atoms with Crippen molar-refractivity contribution in [2.75, 3.05) is 11.9 Å². The third-order valence-electron chi connectivity index (χ3n) is 3.75. The molecular formula is C15H12ClN7OS. The van der Waals surface area contributed by atoms with Gasteiger partial charge in [0.05, 0.1) is 16.3 Å². The van der Waals surface area contributed by atoms with Crippen molar-refractivity contribution in [3.63, 3.8) is 0 Å². The van der Waals surface area contributed by atoms with Crippen molar-refractivity contribution in [1.29, 1.82) is 0 Å². The largest absolute Gasteiger partial charge is 0.276 e. The lowest BCUT2D eigenvalue weighted by Crippen LogP contribution is -2.26. The maximum Gasteiger partial charge on any atom is 0.272 e. The minimum Gasteiger partial charge on any atom is -0.276 e. The Kier molecular flexibility index (Phi) is 3.74. The molecule has 0 aliphatic rings. The summed E-state index contributed by atoms with van der Waals surface area (Å²) in [6, 6.07) is 9.26. The van der Waals surface area contributed by atoms with E-state index in [9.17, 15) is 4.79 Å². The molecule has 4 rings (SSSR count). The normalized spacial score (nSPS) is 11.2. The zero-order chi connectivity index (χ0) is 17.6. The lowest BCUT2D eigenvalue weighted by molar-refractivity contribution is 0.0995. The second kappa shape index (κ2) is 5.94. The number of anilines is 1. The summed E-state index contributed by atoms with van der Waals surface area (Å²) < 4.78 is 1.80. The molecule has 0 atom stereocenters. The molecule has 126 valence electrons. The second-order valence-corrected chi connectivity index (χ2v) is 6.85. The Bertz CT molecular complexity index is 1070. The molecule has 1 amide bonds. The average Bonchev–Trinajstić information content (AvgIpc) is 3.31. The summed E-state index contributed by atoms with van der Waals surface area (Å²) in [4.78, 5) is 15.5. The monoisotopic (exact) mass is 373 g/mol. The summed E-state index contributed by atoms with van der Waals surface area (Å²) in [5, 5.41) is 19.6. The second-order valence-electron chi connectivity index (χ2n) is 5.38. The summed E-state index contributed by atoms with van der Waals surface area (Å²) in [5.74, 6) is 0.00953. The fraction of sp³-hybridized carbons (Fsp3) is 0.133. The molecule has 4 aromatic rings. The molecule has 1 aromatic carbocycles. The van der Waals surface area contributed by atoms with Crippen LogP contribution in [0.1, 0.15) is 15.4 Å². The molecule has 1 N–H and O–H groups in total. The Morgan fingerprint density at radius 1 is 1.36 bits per heavy atom. The van der Waals surface area contributed by atoms with Crippen LogP contribution in [0, 0.1) is 6.92 Å². The van der Waals surface area contributed by atoms with Crippen LogP contribution in [-0.4, -0.2) is 43.4 Å². The fourth-order valence-electron chi connectivity index (χ4n) is 2.49. The maximum atomic E-state index is 12.7. The Morgan fingerprint density at radius 2 is 2.20 bits per heavy atom. The van der Waals surface area contributed by atoms with Crippen molar-refractivity contribution in [2.24, 2.45) is 0 Å². The highest BCUT2D eigenvalue weighted by Crippen LogP contribution is 2.31. The van der Waals surface area contributed by atoms with Gasteiger partial charge in [0.15, 0.2) is 0 Å². The number of H-pyrrole nitrogens is 1. The number of amides is 1. The first kappa shape index (κ1) is 15.7. The van der Waals surface area contributed by atoms with E-state index in [0.29, 0.717) is 9.90 Å². The highest BCUT2D eigenvalue weighted by atomic mass is 35.5. The Labute approximate surface area is 151 Å². The molecule has 8 nitrogen and oxygen atoms in total. The van der Waals surface area contributed by atoms with E-state index in [1.54, 1.807) is 11.7 Å². The van der Waals surface area contributed by atoms with Crippen LogP contribution in [0.15, 0.2) is 30.3 Å². The van der Waals surface area contributed by atoms with Crippen molar-refractivity contribution < 1.29 is 4.79 Å². The standard InChI is InChI=1S/C15H12ClN7OS/c1-8-11-7-12(13(24)22(2)15-17-20-21-18-15)25-14(11)23(19-8)10-5-3-4-9(16)6-10/h3-7H,1-2H3,(H,17,18,20,21). The number of benzene rings is 1. The summed E-state index contributed by atoms with van der Waals surface area (Å²) in [6.45, 7) is 1.91. The summed E-state index contributed by atoms with van der Waals surface area (Å²) >= 11 is 7.44. The van der Waals surface area contributed by atoms with Crippen molar-refractivity contribution >= 4 is 45.0 Å². The molecule has 0 saturated heterocycles. The van der Waals surface area contributed by atoms with Gasteiger partial charge in [-0.1, -0.05) is 22.8 Å².